The largest absolute Gasteiger partial charge is 0.481 e. The maximum absolute atomic E-state index is 12.0. The van der Waals surface area contributed by atoms with Gasteiger partial charge in [-0.1, -0.05) is 34.8 Å². The molecule has 3 rings (SSSR count). The van der Waals surface area contributed by atoms with Crippen LogP contribution in [0.3, 0.4) is 0 Å². The fourth-order valence-corrected chi connectivity index (χ4v) is 3.40. The molecule has 0 aliphatic carbocycles. The summed E-state index contributed by atoms with van der Waals surface area (Å²) in [4.78, 5) is 22.3. The number of hydrogen-bond donors (Lipinski definition) is 1. The van der Waals surface area contributed by atoms with Gasteiger partial charge >= 0.3 is 0 Å². The van der Waals surface area contributed by atoms with Crippen molar-refractivity contribution in [2.24, 2.45) is 5.10 Å². The molecule has 1 heterocycles. The second-order valence-corrected chi connectivity index (χ2v) is 7.11. The topological polar surface area (TPSA) is 98.8 Å². The van der Waals surface area contributed by atoms with Crippen LogP contribution in [-0.2, 0) is 4.79 Å². The summed E-state index contributed by atoms with van der Waals surface area (Å²) in [5.74, 6) is -0.379. The second kappa shape index (κ2) is 9.62. The summed E-state index contributed by atoms with van der Waals surface area (Å²) in [5.41, 5.74) is 3.68. The van der Waals surface area contributed by atoms with Crippen molar-refractivity contribution >= 4 is 52.6 Å². The molecule has 3 aromatic rings. The number of benzene rings is 2. The van der Waals surface area contributed by atoms with Crippen LogP contribution in [-0.4, -0.2) is 28.2 Å². The minimum absolute atomic E-state index is 0.00530. The van der Waals surface area contributed by atoms with Gasteiger partial charge in [-0.2, -0.15) is 5.10 Å². The van der Waals surface area contributed by atoms with Gasteiger partial charge in [0.1, 0.15) is 0 Å². The number of nitro groups is 1. The van der Waals surface area contributed by atoms with Gasteiger partial charge in [0.05, 0.1) is 26.9 Å². The summed E-state index contributed by atoms with van der Waals surface area (Å²) in [6, 6.07) is 12.5. The highest BCUT2D eigenvalue weighted by Gasteiger charge is 2.11. The van der Waals surface area contributed by atoms with Crippen molar-refractivity contribution in [1.82, 2.24) is 9.99 Å². The number of carbonyl (C=O) groups excluding carboxylic acids is 1. The van der Waals surface area contributed by atoms with E-state index in [9.17, 15) is 14.9 Å². The molecule has 0 saturated carbocycles. The number of rotatable bonds is 7. The zero-order valence-electron chi connectivity index (χ0n) is 15.1. The Morgan fingerprint density at radius 1 is 1.17 bits per heavy atom. The average molecular weight is 468 g/mol. The third-order valence-electron chi connectivity index (χ3n) is 3.82. The quantitative estimate of drug-likeness (QED) is 0.304. The molecule has 0 aliphatic rings. The molecule has 0 radical (unpaired) electrons. The number of hydrazone groups is 1. The van der Waals surface area contributed by atoms with Crippen LogP contribution in [0.5, 0.6) is 5.75 Å². The lowest BCUT2D eigenvalue weighted by molar-refractivity contribution is -0.384. The lowest BCUT2D eigenvalue weighted by Gasteiger charge is -2.09. The summed E-state index contributed by atoms with van der Waals surface area (Å²) in [6.45, 7) is -0.359. The van der Waals surface area contributed by atoms with E-state index >= 15 is 0 Å². The van der Waals surface area contributed by atoms with E-state index in [-0.39, 0.29) is 28.1 Å². The van der Waals surface area contributed by atoms with E-state index < -0.39 is 10.8 Å². The molecule has 0 atom stereocenters. The Balaban J connectivity index is 1.60. The number of amides is 1. The summed E-state index contributed by atoms with van der Waals surface area (Å²) in [6.07, 6.45) is 3.19. The van der Waals surface area contributed by atoms with Crippen molar-refractivity contribution < 1.29 is 14.5 Å². The predicted molar refractivity (Wildman–Crippen MR) is 115 cm³/mol. The zero-order chi connectivity index (χ0) is 21.7. The van der Waals surface area contributed by atoms with Gasteiger partial charge in [0, 0.05) is 29.0 Å². The molecule has 0 bridgehead atoms. The van der Waals surface area contributed by atoms with Gasteiger partial charge in [-0.15, -0.1) is 0 Å². The van der Waals surface area contributed by atoms with Gasteiger partial charge in [-0.3, -0.25) is 14.9 Å². The maximum Gasteiger partial charge on any atom is 0.277 e. The van der Waals surface area contributed by atoms with E-state index in [2.05, 4.69) is 10.5 Å². The molecule has 154 valence electrons. The molecule has 0 fully saturated rings. The highest BCUT2D eigenvalue weighted by Crippen LogP contribution is 2.35. The number of hydrogen-bond acceptors (Lipinski definition) is 5. The van der Waals surface area contributed by atoms with E-state index in [0.717, 1.165) is 0 Å². The first-order chi connectivity index (χ1) is 14.3. The molecule has 8 nitrogen and oxygen atoms in total. The first kappa shape index (κ1) is 21.6. The van der Waals surface area contributed by atoms with Gasteiger partial charge in [-0.25, -0.2) is 5.43 Å². The van der Waals surface area contributed by atoms with Crippen molar-refractivity contribution in [3.8, 4) is 11.4 Å². The lowest BCUT2D eigenvalue weighted by Crippen LogP contribution is -2.24. The van der Waals surface area contributed by atoms with Gasteiger partial charge < -0.3 is 9.30 Å². The molecular formula is C19H13Cl3N4O4. The van der Waals surface area contributed by atoms with E-state index in [1.807, 2.05) is 0 Å². The Bertz CT molecular complexity index is 1090. The fourth-order valence-electron chi connectivity index (χ4n) is 2.48. The van der Waals surface area contributed by atoms with Gasteiger partial charge in [0.25, 0.3) is 11.6 Å². The molecular weight excluding hydrogens is 455 g/mol. The number of halogens is 3. The van der Waals surface area contributed by atoms with Gasteiger partial charge in [0.15, 0.2) is 12.4 Å². The third kappa shape index (κ3) is 5.29. The van der Waals surface area contributed by atoms with E-state index in [4.69, 9.17) is 39.5 Å². The van der Waals surface area contributed by atoms with Crippen LogP contribution in [0.25, 0.3) is 5.69 Å². The standard InChI is InChI=1S/C19H13Cl3N4O4/c20-12-8-16(21)19(17(22)9-12)30-11-18(27)24-23-10-15-2-1-7-25(15)13-3-5-14(6-4-13)26(28)29/h1-10H,11H2,(H,24,27). The van der Waals surface area contributed by atoms with Gasteiger partial charge in [0.2, 0.25) is 0 Å². The Morgan fingerprint density at radius 3 is 2.47 bits per heavy atom. The normalized spacial score (nSPS) is 10.9. The number of non-ortho nitro benzene ring substituents is 1. The molecule has 1 aromatic heterocycles. The van der Waals surface area contributed by atoms with Crippen LogP contribution in [0.15, 0.2) is 59.8 Å². The number of carbonyl (C=O) groups is 1. The molecule has 0 spiro atoms. The fraction of sp³-hybridized carbons (Fsp3) is 0.0526. The molecule has 11 heteroatoms. The Kier molecular flexibility index (Phi) is 6.94. The number of nitro benzene ring substituents is 1. The predicted octanol–water partition coefficient (Wildman–Crippen LogP) is 4.87. The number of nitrogens with zero attached hydrogens (tertiary/aromatic N) is 3. The van der Waals surface area contributed by atoms with E-state index in [0.29, 0.717) is 16.4 Å². The SMILES string of the molecule is O=C(COc1c(Cl)cc(Cl)cc1Cl)NN=Cc1cccn1-c1ccc([N+](=O)[O-])cc1. The first-order valence-corrected chi connectivity index (χ1v) is 9.50. The number of ether oxygens (including phenoxy) is 1. The summed E-state index contributed by atoms with van der Waals surface area (Å²) in [5, 5.41) is 15.4. The molecule has 30 heavy (non-hydrogen) atoms. The van der Waals surface area contributed by atoms with Crippen LogP contribution < -0.4 is 10.2 Å². The second-order valence-electron chi connectivity index (χ2n) is 5.86. The number of nitrogens with one attached hydrogen (secondary N) is 1. The average Bonchev–Trinajstić information content (AvgIpc) is 3.15. The highest BCUT2D eigenvalue weighted by molar-refractivity contribution is 6.40. The van der Waals surface area contributed by atoms with Crippen molar-refractivity contribution in [3.63, 3.8) is 0 Å². The van der Waals surface area contributed by atoms with E-state index in [1.165, 1.54) is 30.5 Å². The monoisotopic (exact) mass is 466 g/mol. The smallest absolute Gasteiger partial charge is 0.277 e. The summed E-state index contributed by atoms with van der Waals surface area (Å²) in [7, 11) is 0. The van der Waals surface area contributed by atoms with Crippen LogP contribution in [0, 0.1) is 10.1 Å². The van der Waals surface area contributed by atoms with Crippen molar-refractivity contribution in [3.05, 3.63) is 85.6 Å². The zero-order valence-corrected chi connectivity index (χ0v) is 17.4. The van der Waals surface area contributed by atoms with E-state index in [1.54, 1.807) is 35.0 Å². The first-order valence-electron chi connectivity index (χ1n) is 8.36. The highest BCUT2D eigenvalue weighted by atomic mass is 35.5. The molecule has 0 unspecified atom stereocenters. The van der Waals surface area contributed by atoms with Crippen molar-refractivity contribution in [2.45, 2.75) is 0 Å². The Labute approximate surface area is 185 Å². The van der Waals surface area contributed by atoms with Gasteiger partial charge in [-0.05, 0) is 36.4 Å². The Morgan fingerprint density at radius 2 is 1.83 bits per heavy atom. The molecule has 1 N–H and O–H groups in total. The minimum Gasteiger partial charge on any atom is -0.481 e. The molecule has 2 aromatic carbocycles. The van der Waals surface area contributed by atoms with Crippen LogP contribution in [0.4, 0.5) is 5.69 Å². The van der Waals surface area contributed by atoms with Crippen LogP contribution >= 0.6 is 34.8 Å². The molecule has 0 saturated heterocycles. The maximum atomic E-state index is 12.0. The van der Waals surface area contributed by atoms with Crippen molar-refractivity contribution in [1.29, 1.82) is 0 Å². The lowest BCUT2D eigenvalue weighted by atomic mass is 10.3. The minimum atomic E-state index is -0.526. The van der Waals surface area contributed by atoms with Crippen LogP contribution in [0.2, 0.25) is 15.1 Å². The van der Waals surface area contributed by atoms with Crippen LogP contribution in [0.1, 0.15) is 5.69 Å². The molecule has 1 amide bonds. The van der Waals surface area contributed by atoms with Crippen molar-refractivity contribution in [2.75, 3.05) is 6.61 Å². The number of aromatic nitrogens is 1. The molecule has 0 aliphatic heterocycles. The Hall–Kier alpha value is -3.07. The third-order valence-corrected chi connectivity index (χ3v) is 4.60. The summed E-state index contributed by atoms with van der Waals surface area (Å²) < 4.78 is 7.08. The summed E-state index contributed by atoms with van der Waals surface area (Å²) >= 11 is 17.8.